The van der Waals surface area contributed by atoms with Crippen molar-refractivity contribution >= 4 is 17.3 Å². The molecule has 124 valence electrons. The zero-order valence-electron chi connectivity index (χ0n) is 13.5. The summed E-state index contributed by atoms with van der Waals surface area (Å²) in [5, 5.41) is 29.3. The molecule has 0 radical (unpaired) electrons. The Morgan fingerprint density at radius 1 is 1.04 bits per heavy atom. The summed E-state index contributed by atoms with van der Waals surface area (Å²) in [4.78, 5) is 12.3. The number of hydrogen-bond donors (Lipinski definition) is 2. The van der Waals surface area contributed by atoms with E-state index in [1.54, 1.807) is 36.4 Å². The Morgan fingerprint density at radius 2 is 1.69 bits per heavy atom. The lowest BCUT2D eigenvalue weighted by molar-refractivity contribution is 0.106. The second-order valence-corrected chi connectivity index (χ2v) is 5.18. The number of Topliss-reactive ketones (excluding diaryl/α,β-unsaturated/α-hetero) is 1. The largest absolute Gasteiger partial charge is 0.286 e. The minimum Gasteiger partial charge on any atom is -0.286 e. The van der Waals surface area contributed by atoms with Crippen LogP contribution in [0.15, 0.2) is 65.8 Å². The molecular weight excluding hydrogens is 328 g/mol. The van der Waals surface area contributed by atoms with Crippen molar-refractivity contribution < 1.29 is 4.79 Å². The van der Waals surface area contributed by atoms with E-state index in [1.165, 1.54) is 0 Å². The third kappa shape index (κ3) is 3.32. The molecule has 7 heteroatoms. The van der Waals surface area contributed by atoms with Crippen molar-refractivity contribution in [3.8, 4) is 23.4 Å². The highest BCUT2D eigenvalue weighted by Crippen LogP contribution is 2.25. The number of nitriles is 2. The molecule has 7 nitrogen and oxygen atoms in total. The minimum atomic E-state index is -0.516. The standard InChI is InChI=1S/C19H12N6O/c20-11-15-17(13-7-3-1-4-8-13)23-25-19(15)24-22-16(12-21)18(26)14-9-5-2-6-10-14/h1-10H,(H2,23,24,25). The van der Waals surface area contributed by atoms with Crippen LogP contribution in [0.25, 0.3) is 11.3 Å². The second kappa shape index (κ2) is 7.56. The van der Waals surface area contributed by atoms with Crippen LogP contribution < -0.4 is 5.43 Å². The number of aromatic amines is 1. The van der Waals surface area contributed by atoms with Gasteiger partial charge in [-0.15, -0.1) is 0 Å². The van der Waals surface area contributed by atoms with E-state index >= 15 is 0 Å². The van der Waals surface area contributed by atoms with Crippen LogP contribution in [0.4, 0.5) is 5.82 Å². The van der Waals surface area contributed by atoms with E-state index in [4.69, 9.17) is 0 Å². The zero-order chi connectivity index (χ0) is 18.4. The van der Waals surface area contributed by atoms with Crippen molar-refractivity contribution in [2.75, 3.05) is 5.43 Å². The molecule has 0 aliphatic heterocycles. The Labute approximate surface area is 149 Å². The summed E-state index contributed by atoms with van der Waals surface area (Å²) in [6.07, 6.45) is 0. The Balaban J connectivity index is 1.88. The number of hydrazone groups is 1. The molecule has 1 aromatic heterocycles. The molecule has 0 amide bonds. The summed E-state index contributed by atoms with van der Waals surface area (Å²) < 4.78 is 0. The van der Waals surface area contributed by atoms with Gasteiger partial charge in [-0.2, -0.15) is 20.7 Å². The number of aromatic nitrogens is 2. The summed E-state index contributed by atoms with van der Waals surface area (Å²) in [5.74, 6) is -0.377. The fourth-order valence-corrected chi connectivity index (χ4v) is 2.31. The number of anilines is 1. The second-order valence-electron chi connectivity index (χ2n) is 5.18. The first-order valence-electron chi connectivity index (χ1n) is 7.62. The van der Waals surface area contributed by atoms with Gasteiger partial charge in [-0.1, -0.05) is 60.7 Å². The van der Waals surface area contributed by atoms with Gasteiger partial charge in [0.2, 0.25) is 11.5 Å². The topological polar surface area (TPSA) is 118 Å². The molecule has 3 aromatic rings. The van der Waals surface area contributed by atoms with Crippen molar-refractivity contribution in [2.24, 2.45) is 5.10 Å². The molecular formula is C19H12N6O. The highest BCUT2D eigenvalue weighted by molar-refractivity contribution is 6.51. The molecule has 2 N–H and O–H groups in total. The first-order valence-corrected chi connectivity index (χ1v) is 7.62. The number of H-pyrrole nitrogens is 1. The van der Waals surface area contributed by atoms with Gasteiger partial charge in [0, 0.05) is 11.1 Å². The lowest BCUT2D eigenvalue weighted by atomic mass is 10.1. The van der Waals surface area contributed by atoms with Crippen molar-refractivity contribution in [2.45, 2.75) is 0 Å². The molecule has 0 fully saturated rings. The molecule has 0 bridgehead atoms. The number of ketones is 1. The maximum absolute atomic E-state index is 12.3. The average molecular weight is 340 g/mol. The fourth-order valence-electron chi connectivity index (χ4n) is 2.31. The number of nitrogens with zero attached hydrogens (tertiary/aromatic N) is 4. The number of hydrogen-bond acceptors (Lipinski definition) is 6. The first-order chi connectivity index (χ1) is 12.7. The molecule has 0 atom stereocenters. The van der Waals surface area contributed by atoms with Crippen molar-refractivity contribution in [1.29, 1.82) is 10.5 Å². The van der Waals surface area contributed by atoms with E-state index in [1.807, 2.05) is 30.3 Å². The van der Waals surface area contributed by atoms with E-state index in [-0.39, 0.29) is 17.1 Å². The van der Waals surface area contributed by atoms with Crippen LogP contribution >= 0.6 is 0 Å². The van der Waals surface area contributed by atoms with E-state index in [9.17, 15) is 15.3 Å². The van der Waals surface area contributed by atoms with Gasteiger partial charge in [-0.3, -0.25) is 15.3 Å². The summed E-state index contributed by atoms with van der Waals surface area (Å²) in [6.45, 7) is 0. The van der Waals surface area contributed by atoms with Gasteiger partial charge in [0.05, 0.1) is 5.69 Å². The summed E-state index contributed by atoms with van der Waals surface area (Å²) >= 11 is 0. The van der Waals surface area contributed by atoms with E-state index in [0.29, 0.717) is 11.3 Å². The molecule has 0 aliphatic rings. The normalized spacial score (nSPS) is 10.6. The van der Waals surface area contributed by atoms with Gasteiger partial charge in [0.1, 0.15) is 17.7 Å². The highest BCUT2D eigenvalue weighted by atomic mass is 16.1. The van der Waals surface area contributed by atoms with E-state index < -0.39 is 5.78 Å². The molecule has 0 aliphatic carbocycles. The highest BCUT2D eigenvalue weighted by Gasteiger charge is 2.17. The lowest BCUT2D eigenvalue weighted by Gasteiger charge is -2.00. The smallest absolute Gasteiger partial charge is 0.223 e. The van der Waals surface area contributed by atoms with Crippen LogP contribution in [0, 0.1) is 22.7 Å². The molecule has 1 heterocycles. The maximum Gasteiger partial charge on any atom is 0.223 e. The van der Waals surface area contributed by atoms with Gasteiger partial charge in [0.25, 0.3) is 0 Å². The lowest BCUT2D eigenvalue weighted by Crippen LogP contribution is -2.14. The Morgan fingerprint density at radius 3 is 2.31 bits per heavy atom. The van der Waals surface area contributed by atoms with Crippen LogP contribution in [-0.4, -0.2) is 21.7 Å². The van der Waals surface area contributed by atoms with Gasteiger partial charge >= 0.3 is 0 Å². The van der Waals surface area contributed by atoms with Crippen LogP contribution in [0.5, 0.6) is 0 Å². The summed E-state index contributed by atoms with van der Waals surface area (Å²) in [6, 6.07) is 21.4. The van der Waals surface area contributed by atoms with Crippen LogP contribution in [0.1, 0.15) is 15.9 Å². The van der Waals surface area contributed by atoms with Crippen molar-refractivity contribution in [1.82, 2.24) is 10.2 Å². The number of carbonyl (C=O) groups excluding carboxylic acids is 1. The first kappa shape index (κ1) is 16.6. The Bertz CT molecular complexity index is 1040. The zero-order valence-corrected chi connectivity index (χ0v) is 13.5. The van der Waals surface area contributed by atoms with Crippen LogP contribution in [0.3, 0.4) is 0 Å². The fraction of sp³-hybridized carbons (Fsp3) is 0. The van der Waals surface area contributed by atoms with Gasteiger partial charge < -0.3 is 0 Å². The number of benzene rings is 2. The number of nitrogens with one attached hydrogen (secondary N) is 2. The molecule has 3 rings (SSSR count). The maximum atomic E-state index is 12.3. The van der Waals surface area contributed by atoms with Gasteiger partial charge in [-0.25, -0.2) is 0 Å². The van der Waals surface area contributed by atoms with Crippen molar-refractivity contribution in [3.63, 3.8) is 0 Å². The van der Waals surface area contributed by atoms with Gasteiger partial charge in [0.15, 0.2) is 5.82 Å². The SMILES string of the molecule is N#CC(=NNc1n[nH]c(-c2ccccc2)c1C#N)C(=O)c1ccccc1. The molecule has 26 heavy (non-hydrogen) atoms. The monoisotopic (exact) mass is 340 g/mol. The molecule has 0 unspecified atom stereocenters. The number of rotatable bonds is 5. The van der Waals surface area contributed by atoms with Crippen LogP contribution in [0.2, 0.25) is 0 Å². The summed E-state index contributed by atoms with van der Waals surface area (Å²) in [5.41, 5.74) is 4.11. The van der Waals surface area contributed by atoms with Crippen molar-refractivity contribution in [3.05, 3.63) is 71.8 Å². The minimum absolute atomic E-state index is 0.139. The molecule has 0 saturated heterocycles. The predicted molar refractivity (Wildman–Crippen MR) is 96.2 cm³/mol. The third-order valence-corrected chi connectivity index (χ3v) is 3.57. The quantitative estimate of drug-likeness (QED) is 0.420. The summed E-state index contributed by atoms with van der Waals surface area (Å²) in [7, 11) is 0. The van der Waals surface area contributed by atoms with E-state index in [2.05, 4.69) is 26.8 Å². The third-order valence-electron chi connectivity index (χ3n) is 3.57. The van der Waals surface area contributed by atoms with E-state index in [0.717, 1.165) is 5.56 Å². The Hall–Kier alpha value is -4.23. The molecule has 0 saturated carbocycles. The van der Waals surface area contributed by atoms with Crippen LogP contribution in [-0.2, 0) is 0 Å². The Kier molecular flexibility index (Phi) is 4.83. The number of carbonyl (C=O) groups is 1. The molecule has 2 aromatic carbocycles. The predicted octanol–water partition coefficient (Wildman–Crippen LogP) is 3.12. The average Bonchev–Trinajstić information content (AvgIpc) is 3.12. The molecule has 0 spiro atoms. The van der Waals surface area contributed by atoms with Gasteiger partial charge in [-0.05, 0) is 0 Å².